The lowest BCUT2D eigenvalue weighted by Gasteiger charge is -2.43. The third kappa shape index (κ3) is 4.15. The summed E-state index contributed by atoms with van der Waals surface area (Å²) in [6, 6.07) is 10.4. The molecule has 27 heavy (non-hydrogen) atoms. The summed E-state index contributed by atoms with van der Waals surface area (Å²) < 4.78 is 37.8. The lowest BCUT2D eigenvalue weighted by atomic mass is 9.84. The van der Waals surface area contributed by atoms with Gasteiger partial charge in [-0.1, -0.05) is 30.3 Å². The van der Waals surface area contributed by atoms with E-state index in [9.17, 15) is 18.0 Å². The molecule has 0 unspecified atom stereocenters. The molecule has 3 nitrogen and oxygen atoms in total. The molecule has 3 aliphatic rings. The number of likely N-dealkylation sites (tertiary alicyclic amines) is 2. The van der Waals surface area contributed by atoms with E-state index < -0.39 is 12.7 Å². The molecule has 1 aromatic carbocycles. The zero-order chi connectivity index (χ0) is 19.0. The molecule has 2 aliphatic heterocycles. The van der Waals surface area contributed by atoms with Crippen LogP contribution in [0.2, 0.25) is 0 Å². The smallest absolute Gasteiger partial charge is 0.335 e. The highest BCUT2D eigenvalue weighted by Crippen LogP contribution is 2.48. The molecular formula is C21H27F3N2O. The summed E-state index contributed by atoms with van der Waals surface area (Å²) in [6.45, 7) is 0.644. The van der Waals surface area contributed by atoms with E-state index in [1.54, 1.807) is 0 Å². The van der Waals surface area contributed by atoms with Gasteiger partial charge in [-0.05, 0) is 62.6 Å². The zero-order valence-corrected chi connectivity index (χ0v) is 15.5. The number of carbonyl (C=O) groups is 1. The van der Waals surface area contributed by atoms with E-state index in [-0.39, 0.29) is 17.9 Å². The number of fused-ring (bicyclic) bond motifs is 2. The maximum absolute atomic E-state index is 13.3. The van der Waals surface area contributed by atoms with Gasteiger partial charge in [0.1, 0.15) is 0 Å². The van der Waals surface area contributed by atoms with Crippen molar-refractivity contribution in [3.8, 4) is 0 Å². The quantitative estimate of drug-likeness (QED) is 0.782. The van der Waals surface area contributed by atoms with Crippen molar-refractivity contribution in [2.45, 2.75) is 44.3 Å². The van der Waals surface area contributed by atoms with Gasteiger partial charge in [-0.25, -0.2) is 0 Å². The molecule has 148 valence electrons. The van der Waals surface area contributed by atoms with Gasteiger partial charge in [-0.15, -0.1) is 0 Å². The van der Waals surface area contributed by atoms with Crippen LogP contribution in [0.3, 0.4) is 0 Å². The molecule has 1 amide bonds. The van der Waals surface area contributed by atoms with Crippen LogP contribution in [0.5, 0.6) is 0 Å². The first kappa shape index (κ1) is 18.8. The van der Waals surface area contributed by atoms with Crippen LogP contribution < -0.4 is 0 Å². The van der Waals surface area contributed by atoms with E-state index in [4.69, 9.17) is 0 Å². The van der Waals surface area contributed by atoms with Crippen molar-refractivity contribution in [1.82, 2.24) is 9.80 Å². The van der Waals surface area contributed by atoms with E-state index in [1.807, 2.05) is 18.2 Å². The first-order valence-electron chi connectivity index (χ1n) is 10.1. The number of rotatable bonds is 3. The normalized spacial score (nSPS) is 29.9. The third-order valence-corrected chi connectivity index (χ3v) is 6.58. The van der Waals surface area contributed by atoms with Crippen LogP contribution in [0.15, 0.2) is 30.3 Å². The van der Waals surface area contributed by atoms with Gasteiger partial charge in [0, 0.05) is 12.5 Å². The summed E-state index contributed by atoms with van der Waals surface area (Å²) >= 11 is 0. The Bertz CT molecular complexity index is 655. The van der Waals surface area contributed by atoms with E-state index in [1.165, 1.54) is 23.3 Å². The molecule has 1 aliphatic carbocycles. The molecule has 4 rings (SSSR count). The summed E-state index contributed by atoms with van der Waals surface area (Å²) in [7, 11) is 0. The minimum Gasteiger partial charge on any atom is -0.335 e. The van der Waals surface area contributed by atoms with Crippen molar-refractivity contribution in [3.63, 3.8) is 0 Å². The van der Waals surface area contributed by atoms with Crippen LogP contribution in [0.4, 0.5) is 13.2 Å². The average Bonchev–Trinajstić information content (AvgIpc) is 3.02. The molecule has 2 heterocycles. The Hall–Kier alpha value is -1.56. The lowest BCUT2D eigenvalue weighted by molar-refractivity contribution is -0.152. The highest BCUT2D eigenvalue weighted by atomic mass is 19.4. The number of nitrogens with zero attached hydrogens (tertiary/aromatic N) is 2. The third-order valence-electron chi connectivity index (χ3n) is 6.58. The number of piperidine rings is 2. The van der Waals surface area contributed by atoms with Crippen molar-refractivity contribution in [2.24, 2.45) is 17.8 Å². The first-order valence-corrected chi connectivity index (χ1v) is 10.1. The molecule has 2 saturated heterocycles. The number of amides is 1. The Morgan fingerprint density at radius 2 is 1.74 bits per heavy atom. The van der Waals surface area contributed by atoms with Gasteiger partial charge in [0.15, 0.2) is 0 Å². The van der Waals surface area contributed by atoms with Crippen molar-refractivity contribution in [1.29, 1.82) is 0 Å². The van der Waals surface area contributed by atoms with Gasteiger partial charge in [0.25, 0.3) is 0 Å². The Labute approximate surface area is 158 Å². The van der Waals surface area contributed by atoms with Gasteiger partial charge < -0.3 is 4.90 Å². The molecule has 1 aromatic rings. The molecule has 0 spiro atoms. The molecular weight excluding hydrogens is 353 g/mol. The summed E-state index contributed by atoms with van der Waals surface area (Å²) in [5, 5.41) is 0. The molecule has 1 saturated carbocycles. The van der Waals surface area contributed by atoms with E-state index in [2.05, 4.69) is 17.0 Å². The zero-order valence-electron chi connectivity index (χ0n) is 15.5. The van der Waals surface area contributed by atoms with E-state index in [0.29, 0.717) is 37.8 Å². The van der Waals surface area contributed by atoms with E-state index in [0.717, 1.165) is 13.0 Å². The summed E-state index contributed by atoms with van der Waals surface area (Å²) in [4.78, 5) is 16.8. The van der Waals surface area contributed by atoms with E-state index >= 15 is 0 Å². The minimum absolute atomic E-state index is 0.130. The van der Waals surface area contributed by atoms with Crippen molar-refractivity contribution in [2.75, 3.05) is 26.2 Å². The first-order chi connectivity index (χ1) is 12.9. The van der Waals surface area contributed by atoms with Gasteiger partial charge in [0.05, 0.1) is 12.6 Å². The molecule has 3 atom stereocenters. The number of hydrogen-bond acceptors (Lipinski definition) is 2. The number of carbonyl (C=O) groups excluding carboxylic acids is 1. The van der Waals surface area contributed by atoms with Crippen LogP contribution >= 0.6 is 0 Å². The average molecular weight is 380 g/mol. The number of benzene rings is 1. The highest BCUT2D eigenvalue weighted by Gasteiger charge is 2.45. The molecule has 0 aromatic heterocycles. The van der Waals surface area contributed by atoms with Gasteiger partial charge in [-0.3, -0.25) is 9.69 Å². The van der Waals surface area contributed by atoms with Crippen LogP contribution in [0.25, 0.3) is 0 Å². The fourth-order valence-electron chi connectivity index (χ4n) is 5.37. The lowest BCUT2D eigenvalue weighted by Crippen LogP contribution is -2.49. The summed E-state index contributed by atoms with van der Waals surface area (Å²) in [5.74, 6) is 1.12. The van der Waals surface area contributed by atoms with Crippen LogP contribution in [-0.2, 0) is 4.79 Å². The van der Waals surface area contributed by atoms with Crippen molar-refractivity contribution >= 4 is 5.91 Å². The molecule has 0 radical (unpaired) electrons. The van der Waals surface area contributed by atoms with Crippen LogP contribution in [0, 0.1) is 17.8 Å². The second-order valence-corrected chi connectivity index (χ2v) is 8.45. The van der Waals surface area contributed by atoms with Gasteiger partial charge in [0.2, 0.25) is 5.91 Å². The van der Waals surface area contributed by atoms with Crippen molar-refractivity contribution < 1.29 is 18.0 Å². The Morgan fingerprint density at radius 1 is 1.04 bits per heavy atom. The fourth-order valence-corrected chi connectivity index (χ4v) is 5.37. The topological polar surface area (TPSA) is 23.6 Å². The minimum atomic E-state index is -4.17. The molecule has 3 fully saturated rings. The van der Waals surface area contributed by atoms with Gasteiger partial charge in [-0.2, -0.15) is 13.2 Å². The number of hydrogen-bond donors (Lipinski definition) is 0. The fraction of sp³-hybridized carbons (Fsp3) is 0.667. The molecule has 2 bridgehead atoms. The summed E-state index contributed by atoms with van der Waals surface area (Å²) in [6.07, 6.45) is 0.430. The van der Waals surface area contributed by atoms with Crippen LogP contribution in [0.1, 0.15) is 43.7 Å². The maximum Gasteiger partial charge on any atom is 0.401 e. The van der Waals surface area contributed by atoms with Crippen LogP contribution in [-0.4, -0.2) is 48.1 Å². The summed E-state index contributed by atoms with van der Waals surface area (Å²) in [5.41, 5.74) is 1.20. The Morgan fingerprint density at radius 3 is 2.41 bits per heavy atom. The largest absolute Gasteiger partial charge is 0.401 e. The second-order valence-electron chi connectivity index (χ2n) is 8.45. The standard InChI is InChI=1S/C21H27F3N2O/c22-21(23,24)14-25-10-8-17(9-11-25)20(27)26-13-15-6-7-18(12-15)19(26)16-4-2-1-3-5-16/h1-5,15,17-19H,6-14H2/t15-,18-,19-/m0/s1. The molecule has 0 N–H and O–H groups in total. The Balaban J connectivity index is 1.46. The Kier molecular flexibility index (Phi) is 5.19. The predicted molar refractivity (Wildman–Crippen MR) is 96.9 cm³/mol. The monoisotopic (exact) mass is 380 g/mol. The second kappa shape index (κ2) is 7.46. The maximum atomic E-state index is 13.3. The SMILES string of the molecule is O=C(C1CCN(CC(F)(F)F)CC1)N1C[C@H]2CC[C@@H](C2)[C@@H]1c1ccccc1. The molecule has 6 heteroatoms. The van der Waals surface area contributed by atoms with Gasteiger partial charge >= 0.3 is 6.18 Å². The number of alkyl halides is 3. The van der Waals surface area contributed by atoms with Crippen molar-refractivity contribution in [3.05, 3.63) is 35.9 Å². The highest BCUT2D eigenvalue weighted by molar-refractivity contribution is 5.79. The predicted octanol–water partition coefficient (Wildman–Crippen LogP) is 4.26. The number of halogens is 3.